The average Bonchev–Trinajstić information content (AvgIpc) is 3.11. The number of likely N-dealkylation sites (tertiary alicyclic amines) is 1. The van der Waals surface area contributed by atoms with Gasteiger partial charge in [-0.2, -0.15) is 0 Å². The average molecular weight is 364 g/mol. The number of piperidine rings is 3. The number of fused-ring (bicyclic) bond motifs is 2. The standard InChI is InChI=1S/C21H24N4O2/c22-18-11-15(4-7-23-18)21(27)25-12-17(14-2-1-3-16(26)10-14)20-19(25)13-5-8-24(20)9-6-13/h1-4,7,10-11,13,17,19-20,26H,5-6,8-9,12H2,(H2,22,23)/t17-,19+,20+/m0/s1. The Balaban J connectivity index is 1.53. The predicted molar refractivity (Wildman–Crippen MR) is 102 cm³/mol. The molecule has 27 heavy (non-hydrogen) atoms. The van der Waals surface area contributed by atoms with Crippen molar-refractivity contribution in [2.75, 3.05) is 25.4 Å². The lowest BCUT2D eigenvalue weighted by molar-refractivity contribution is -0.00341. The van der Waals surface area contributed by atoms with Crippen LogP contribution in [0.25, 0.3) is 0 Å². The van der Waals surface area contributed by atoms with Gasteiger partial charge < -0.3 is 15.7 Å². The summed E-state index contributed by atoms with van der Waals surface area (Å²) in [5, 5.41) is 9.97. The van der Waals surface area contributed by atoms with Gasteiger partial charge in [-0.15, -0.1) is 0 Å². The molecule has 140 valence electrons. The second-order valence-electron chi connectivity index (χ2n) is 7.98. The highest BCUT2D eigenvalue weighted by Crippen LogP contribution is 2.47. The van der Waals surface area contributed by atoms with Gasteiger partial charge in [0.1, 0.15) is 11.6 Å². The summed E-state index contributed by atoms with van der Waals surface area (Å²) in [5.74, 6) is 1.45. The fraction of sp³-hybridized carbons (Fsp3) is 0.429. The fourth-order valence-corrected chi connectivity index (χ4v) is 5.45. The van der Waals surface area contributed by atoms with Gasteiger partial charge in [-0.1, -0.05) is 12.1 Å². The first kappa shape index (κ1) is 16.6. The minimum absolute atomic E-state index is 0.0375. The minimum Gasteiger partial charge on any atom is -0.508 e. The zero-order valence-electron chi connectivity index (χ0n) is 15.2. The first-order valence-corrected chi connectivity index (χ1v) is 9.67. The number of anilines is 1. The third-order valence-electron chi connectivity index (χ3n) is 6.58. The summed E-state index contributed by atoms with van der Waals surface area (Å²) in [5.41, 5.74) is 7.52. The Morgan fingerprint density at radius 1 is 1.15 bits per heavy atom. The molecule has 4 fully saturated rings. The molecule has 3 N–H and O–H groups in total. The van der Waals surface area contributed by atoms with Gasteiger partial charge >= 0.3 is 0 Å². The second kappa shape index (κ2) is 6.23. The Labute approximate surface area is 158 Å². The van der Waals surface area contributed by atoms with Crippen LogP contribution in [0.3, 0.4) is 0 Å². The molecule has 6 heteroatoms. The number of benzene rings is 1. The van der Waals surface area contributed by atoms with E-state index in [1.54, 1.807) is 24.4 Å². The molecular weight excluding hydrogens is 340 g/mol. The van der Waals surface area contributed by atoms with Crippen LogP contribution in [0.4, 0.5) is 5.82 Å². The van der Waals surface area contributed by atoms with E-state index in [1.165, 1.54) is 0 Å². The number of hydrogen-bond donors (Lipinski definition) is 2. The third-order valence-corrected chi connectivity index (χ3v) is 6.58. The molecule has 5 heterocycles. The quantitative estimate of drug-likeness (QED) is 0.852. The number of phenols is 1. The first-order chi connectivity index (χ1) is 13.1. The maximum Gasteiger partial charge on any atom is 0.254 e. The van der Waals surface area contributed by atoms with Crippen molar-refractivity contribution in [3.8, 4) is 5.75 Å². The highest BCUT2D eigenvalue weighted by molar-refractivity contribution is 5.95. The van der Waals surface area contributed by atoms with E-state index in [2.05, 4.69) is 20.9 Å². The monoisotopic (exact) mass is 364 g/mol. The van der Waals surface area contributed by atoms with Crippen LogP contribution in [-0.4, -0.2) is 57.5 Å². The van der Waals surface area contributed by atoms with E-state index >= 15 is 0 Å². The van der Waals surface area contributed by atoms with Crippen LogP contribution in [0.1, 0.15) is 34.7 Å². The number of amides is 1. The topological polar surface area (TPSA) is 82.7 Å². The van der Waals surface area contributed by atoms with Crippen molar-refractivity contribution < 1.29 is 9.90 Å². The predicted octanol–water partition coefficient (Wildman–Crippen LogP) is 2.07. The Morgan fingerprint density at radius 3 is 2.70 bits per heavy atom. The number of rotatable bonds is 2. The molecule has 0 radical (unpaired) electrons. The van der Waals surface area contributed by atoms with Gasteiger partial charge in [0.2, 0.25) is 0 Å². The number of hydrogen-bond acceptors (Lipinski definition) is 5. The van der Waals surface area contributed by atoms with Crippen molar-refractivity contribution in [2.24, 2.45) is 5.92 Å². The molecule has 1 aromatic heterocycles. The van der Waals surface area contributed by atoms with Gasteiger partial charge in [0, 0.05) is 30.3 Å². The summed E-state index contributed by atoms with van der Waals surface area (Å²) in [4.78, 5) is 22.0. The second-order valence-corrected chi connectivity index (χ2v) is 7.98. The Morgan fingerprint density at radius 2 is 1.96 bits per heavy atom. The van der Waals surface area contributed by atoms with E-state index in [-0.39, 0.29) is 23.6 Å². The Kier molecular flexibility index (Phi) is 3.82. The third kappa shape index (κ3) is 2.67. The summed E-state index contributed by atoms with van der Waals surface area (Å²) < 4.78 is 0. The number of carbonyl (C=O) groups excluding carboxylic acids is 1. The van der Waals surface area contributed by atoms with Gasteiger partial charge in [-0.25, -0.2) is 4.98 Å². The van der Waals surface area contributed by atoms with E-state index < -0.39 is 0 Å². The Bertz CT molecular complexity index is 878. The maximum absolute atomic E-state index is 13.3. The van der Waals surface area contributed by atoms with Crippen LogP contribution in [-0.2, 0) is 0 Å². The van der Waals surface area contributed by atoms with Crippen LogP contribution >= 0.6 is 0 Å². The molecule has 2 aromatic rings. The van der Waals surface area contributed by atoms with E-state index in [9.17, 15) is 9.90 Å². The SMILES string of the molecule is Nc1cc(C(=O)N2C[C@@H](c3cccc(O)c3)[C@@H]3[C@H]2C2CCN3CC2)ccn1. The number of aromatic hydroxyl groups is 1. The largest absolute Gasteiger partial charge is 0.508 e. The van der Waals surface area contributed by atoms with E-state index in [0.29, 0.717) is 29.9 Å². The number of carbonyl (C=O) groups is 1. The molecule has 1 aromatic carbocycles. The zero-order valence-corrected chi connectivity index (χ0v) is 15.2. The lowest BCUT2D eigenvalue weighted by Crippen LogP contribution is -2.60. The fourth-order valence-electron chi connectivity index (χ4n) is 5.45. The van der Waals surface area contributed by atoms with Crippen molar-refractivity contribution in [1.29, 1.82) is 0 Å². The number of pyridine rings is 1. The number of nitrogen functional groups attached to an aromatic ring is 1. The van der Waals surface area contributed by atoms with E-state index in [4.69, 9.17) is 5.73 Å². The molecule has 4 aliphatic heterocycles. The lowest BCUT2D eigenvalue weighted by atomic mass is 9.75. The number of nitrogens with two attached hydrogens (primary N) is 1. The van der Waals surface area contributed by atoms with Crippen LogP contribution in [0, 0.1) is 5.92 Å². The zero-order chi connectivity index (χ0) is 18.5. The maximum atomic E-state index is 13.3. The molecule has 6 nitrogen and oxygen atoms in total. The summed E-state index contributed by atoms with van der Waals surface area (Å²) in [6.07, 6.45) is 3.89. The summed E-state index contributed by atoms with van der Waals surface area (Å²) in [7, 11) is 0. The highest BCUT2D eigenvalue weighted by Gasteiger charge is 2.54. The van der Waals surface area contributed by atoms with Crippen molar-refractivity contribution >= 4 is 11.7 Å². The molecule has 0 spiro atoms. The van der Waals surface area contributed by atoms with Gasteiger partial charge in [-0.05, 0) is 61.7 Å². The number of phenolic OH excluding ortho intramolecular Hbond substituents is 1. The van der Waals surface area contributed by atoms with Crippen LogP contribution in [0.2, 0.25) is 0 Å². The molecule has 6 rings (SSSR count). The van der Waals surface area contributed by atoms with Crippen molar-refractivity contribution in [2.45, 2.75) is 30.8 Å². The summed E-state index contributed by atoms with van der Waals surface area (Å²) in [6.45, 7) is 2.88. The van der Waals surface area contributed by atoms with Crippen LogP contribution in [0.15, 0.2) is 42.6 Å². The molecule has 3 atom stereocenters. The molecule has 0 saturated carbocycles. The molecule has 4 saturated heterocycles. The van der Waals surface area contributed by atoms with Gasteiger partial charge in [0.05, 0.1) is 6.04 Å². The highest BCUT2D eigenvalue weighted by atomic mass is 16.3. The molecule has 0 aliphatic carbocycles. The van der Waals surface area contributed by atoms with Crippen LogP contribution in [0.5, 0.6) is 5.75 Å². The number of aromatic nitrogens is 1. The van der Waals surface area contributed by atoms with Crippen molar-refractivity contribution in [1.82, 2.24) is 14.8 Å². The molecular formula is C21H24N4O2. The van der Waals surface area contributed by atoms with Crippen molar-refractivity contribution in [3.05, 3.63) is 53.7 Å². The Hall–Kier alpha value is -2.60. The summed E-state index contributed by atoms with van der Waals surface area (Å²) >= 11 is 0. The molecule has 1 amide bonds. The normalized spacial score (nSPS) is 31.7. The van der Waals surface area contributed by atoms with Crippen molar-refractivity contribution in [3.63, 3.8) is 0 Å². The lowest BCUT2D eigenvalue weighted by Gasteiger charge is -2.51. The number of nitrogens with zero attached hydrogens (tertiary/aromatic N) is 3. The summed E-state index contributed by atoms with van der Waals surface area (Å²) in [6, 6.07) is 11.5. The van der Waals surface area contributed by atoms with Gasteiger partial charge in [0.25, 0.3) is 5.91 Å². The molecule has 0 unspecified atom stereocenters. The van der Waals surface area contributed by atoms with E-state index in [1.807, 2.05) is 12.1 Å². The minimum atomic E-state index is 0.0375. The van der Waals surface area contributed by atoms with Crippen LogP contribution < -0.4 is 5.73 Å². The van der Waals surface area contributed by atoms with Gasteiger partial charge in [0.15, 0.2) is 0 Å². The smallest absolute Gasteiger partial charge is 0.254 e. The van der Waals surface area contributed by atoms with Gasteiger partial charge in [-0.3, -0.25) is 9.69 Å². The first-order valence-electron chi connectivity index (χ1n) is 9.67. The molecule has 2 bridgehead atoms. The van der Waals surface area contributed by atoms with E-state index in [0.717, 1.165) is 31.5 Å². The molecule has 4 aliphatic rings.